The summed E-state index contributed by atoms with van der Waals surface area (Å²) in [6.45, 7) is 3.87. The summed E-state index contributed by atoms with van der Waals surface area (Å²) in [5.74, 6) is -1.23. The predicted octanol–water partition coefficient (Wildman–Crippen LogP) is 3.56. The molecular weight excluding hydrogens is 374 g/mol. The van der Waals surface area contributed by atoms with E-state index in [1.807, 2.05) is 26.0 Å². The van der Waals surface area contributed by atoms with Gasteiger partial charge in [0.2, 0.25) is 0 Å². The Balaban J connectivity index is 2.78. The van der Waals surface area contributed by atoms with Crippen molar-refractivity contribution < 1.29 is 19.1 Å². The number of carbonyl (C=O) groups is 2. The average Bonchev–Trinajstić information content (AvgIpc) is 2.80. The monoisotopic (exact) mass is 391 g/mol. The molecule has 0 bridgehead atoms. The molecule has 0 aliphatic carbocycles. The molecule has 6 heteroatoms. The Hall–Kier alpha value is -2.34. The molecule has 1 aliphatic heterocycles. The molecule has 0 unspecified atom stereocenters. The summed E-state index contributed by atoms with van der Waals surface area (Å²) in [5.41, 5.74) is 2.93. The van der Waals surface area contributed by atoms with Gasteiger partial charge in [0.1, 0.15) is 5.70 Å². The Morgan fingerprint density at radius 2 is 1.71 bits per heavy atom. The number of ether oxygens (including phenoxy) is 2. The molecule has 0 spiro atoms. The highest BCUT2D eigenvalue weighted by atomic mass is 79.9. The van der Waals surface area contributed by atoms with E-state index in [9.17, 15) is 9.59 Å². The number of anilines is 1. The first-order chi connectivity index (χ1) is 11.4. The van der Waals surface area contributed by atoms with Gasteiger partial charge in [0, 0.05) is 10.7 Å². The summed E-state index contributed by atoms with van der Waals surface area (Å²) >= 11 is 3.51. The summed E-state index contributed by atoms with van der Waals surface area (Å²) < 4.78 is 10.6. The molecule has 1 aromatic rings. The number of methoxy groups -OCH3 is 2. The quantitative estimate of drug-likeness (QED) is 0.737. The molecule has 0 aromatic heterocycles. The number of aryl methyl sites for hydroxylation is 1. The van der Waals surface area contributed by atoms with Gasteiger partial charge in [-0.05, 0) is 43.2 Å². The lowest BCUT2D eigenvalue weighted by Gasteiger charge is -2.26. The minimum Gasteiger partial charge on any atom is -0.465 e. The summed E-state index contributed by atoms with van der Waals surface area (Å²) in [4.78, 5) is 26.3. The van der Waals surface area contributed by atoms with Crippen LogP contribution in [0.5, 0.6) is 0 Å². The van der Waals surface area contributed by atoms with E-state index in [1.54, 1.807) is 23.3 Å². The van der Waals surface area contributed by atoms with Gasteiger partial charge in [0.25, 0.3) is 0 Å². The molecule has 1 aliphatic rings. The number of halogens is 1. The lowest BCUT2D eigenvalue weighted by atomic mass is 10.1. The van der Waals surface area contributed by atoms with Gasteiger partial charge in [-0.3, -0.25) is 0 Å². The molecule has 126 valence electrons. The van der Waals surface area contributed by atoms with Crippen LogP contribution in [-0.2, 0) is 19.1 Å². The highest BCUT2D eigenvalue weighted by Crippen LogP contribution is 2.35. The molecule has 2 rings (SSSR count). The van der Waals surface area contributed by atoms with Crippen LogP contribution in [0.4, 0.5) is 5.69 Å². The molecule has 1 heterocycles. The Kier molecular flexibility index (Phi) is 5.62. The number of esters is 2. The Morgan fingerprint density at radius 3 is 2.33 bits per heavy atom. The Labute approximate surface area is 149 Å². The van der Waals surface area contributed by atoms with Crippen molar-refractivity contribution >= 4 is 33.6 Å². The summed E-state index contributed by atoms with van der Waals surface area (Å²) in [7, 11) is 2.55. The number of allylic oxidation sites excluding steroid dienone is 2. The molecule has 5 nitrogen and oxygen atoms in total. The fourth-order valence-electron chi connectivity index (χ4n) is 2.52. The molecule has 0 N–H and O–H groups in total. The zero-order valence-electron chi connectivity index (χ0n) is 13.9. The maximum atomic E-state index is 12.4. The van der Waals surface area contributed by atoms with E-state index in [4.69, 9.17) is 9.47 Å². The van der Waals surface area contributed by atoms with Crippen molar-refractivity contribution in [3.05, 3.63) is 63.4 Å². The van der Waals surface area contributed by atoms with Gasteiger partial charge in [-0.25, -0.2) is 9.59 Å². The number of hydrogen-bond donors (Lipinski definition) is 0. The van der Waals surface area contributed by atoms with Crippen molar-refractivity contribution in [1.82, 2.24) is 0 Å². The number of hydrogen-bond acceptors (Lipinski definition) is 5. The first-order valence-corrected chi connectivity index (χ1v) is 8.02. The molecule has 0 saturated heterocycles. The van der Waals surface area contributed by atoms with E-state index in [-0.39, 0.29) is 11.3 Å². The van der Waals surface area contributed by atoms with Crippen molar-refractivity contribution in [2.24, 2.45) is 0 Å². The molecule has 1 aromatic carbocycles. The van der Waals surface area contributed by atoms with Gasteiger partial charge in [-0.1, -0.05) is 28.1 Å². The highest BCUT2D eigenvalue weighted by molar-refractivity contribution is 9.10. The molecular formula is C18H18BrNO4. The molecule has 0 radical (unpaired) electrons. The van der Waals surface area contributed by atoms with Crippen LogP contribution in [0, 0.1) is 13.8 Å². The minimum atomic E-state index is -0.620. The van der Waals surface area contributed by atoms with Crippen LogP contribution in [0.15, 0.2) is 52.3 Å². The third-order valence-corrected chi connectivity index (χ3v) is 4.56. The van der Waals surface area contributed by atoms with Crippen molar-refractivity contribution in [1.29, 1.82) is 0 Å². The second-order valence-electron chi connectivity index (χ2n) is 5.15. The average molecular weight is 392 g/mol. The van der Waals surface area contributed by atoms with Crippen molar-refractivity contribution in [3.63, 3.8) is 0 Å². The second kappa shape index (κ2) is 7.49. The smallest absolute Gasteiger partial charge is 0.355 e. The van der Waals surface area contributed by atoms with Gasteiger partial charge in [-0.15, -0.1) is 0 Å². The SMILES string of the molecule is COC(=O)C1=C(C(=O)OC)N(c2c(C)ccc(Br)c2C)C=CC=C1. The molecule has 0 saturated carbocycles. The largest absolute Gasteiger partial charge is 0.465 e. The van der Waals surface area contributed by atoms with E-state index in [0.29, 0.717) is 0 Å². The van der Waals surface area contributed by atoms with Crippen LogP contribution in [0.3, 0.4) is 0 Å². The second-order valence-corrected chi connectivity index (χ2v) is 6.01. The van der Waals surface area contributed by atoms with E-state index >= 15 is 0 Å². The first kappa shape index (κ1) is 18.0. The number of rotatable bonds is 3. The minimum absolute atomic E-state index is 0.110. The van der Waals surface area contributed by atoms with Crippen LogP contribution in [0.2, 0.25) is 0 Å². The number of benzene rings is 1. The standard InChI is InChI=1S/C18H18BrNO4/c1-11-8-9-14(19)12(2)15(11)20-10-6-5-7-13(17(21)23-3)16(20)18(22)24-4/h5-10H,1-4H3. The Bertz CT molecular complexity index is 777. The predicted molar refractivity (Wildman–Crippen MR) is 95.4 cm³/mol. The van der Waals surface area contributed by atoms with Crippen molar-refractivity contribution in [2.45, 2.75) is 13.8 Å². The fourth-order valence-corrected chi connectivity index (χ4v) is 2.84. The van der Waals surface area contributed by atoms with Crippen molar-refractivity contribution in [3.8, 4) is 0 Å². The van der Waals surface area contributed by atoms with Gasteiger partial charge in [0.15, 0.2) is 0 Å². The third-order valence-electron chi connectivity index (χ3n) is 3.70. The topological polar surface area (TPSA) is 55.8 Å². The van der Waals surface area contributed by atoms with Gasteiger partial charge < -0.3 is 14.4 Å². The fraction of sp³-hybridized carbons (Fsp3) is 0.222. The maximum absolute atomic E-state index is 12.4. The summed E-state index contributed by atoms with van der Waals surface area (Å²) in [6, 6.07) is 3.88. The number of carbonyl (C=O) groups excluding carboxylic acids is 2. The van der Waals surface area contributed by atoms with Gasteiger partial charge >= 0.3 is 11.9 Å². The van der Waals surface area contributed by atoms with Crippen LogP contribution in [0.25, 0.3) is 0 Å². The van der Waals surface area contributed by atoms with E-state index in [1.165, 1.54) is 20.3 Å². The Morgan fingerprint density at radius 1 is 1.04 bits per heavy atom. The lowest BCUT2D eigenvalue weighted by Crippen LogP contribution is -2.28. The highest BCUT2D eigenvalue weighted by Gasteiger charge is 2.29. The van der Waals surface area contributed by atoms with Crippen LogP contribution < -0.4 is 4.90 Å². The molecule has 0 amide bonds. The van der Waals surface area contributed by atoms with Crippen LogP contribution in [-0.4, -0.2) is 26.2 Å². The zero-order chi connectivity index (χ0) is 17.9. The normalized spacial score (nSPS) is 13.8. The van der Waals surface area contributed by atoms with Gasteiger partial charge in [0.05, 0.1) is 25.5 Å². The van der Waals surface area contributed by atoms with Crippen LogP contribution >= 0.6 is 15.9 Å². The maximum Gasteiger partial charge on any atom is 0.355 e. The van der Waals surface area contributed by atoms with Gasteiger partial charge in [-0.2, -0.15) is 0 Å². The lowest BCUT2D eigenvalue weighted by molar-refractivity contribution is -0.139. The van der Waals surface area contributed by atoms with Crippen molar-refractivity contribution in [2.75, 3.05) is 19.1 Å². The summed E-state index contributed by atoms with van der Waals surface area (Å²) in [6.07, 6.45) is 6.69. The van der Waals surface area contributed by atoms with Crippen LogP contribution in [0.1, 0.15) is 11.1 Å². The number of nitrogens with zero attached hydrogens (tertiary/aromatic N) is 1. The zero-order valence-corrected chi connectivity index (χ0v) is 15.5. The molecule has 0 fully saturated rings. The van der Waals surface area contributed by atoms with E-state index in [0.717, 1.165) is 21.3 Å². The van der Waals surface area contributed by atoms with E-state index in [2.05, 4.69) is 15.9 Å². The first-order valence-electron chi connectivity index (χ1n) is 7.23. The molecule has 0 atom stereocenters. The molecule has 24 heavy (non-hydrogen) atoms. The van der Waals surface area contributed by atoms with E-state index < -0.39 is 11.9 Å². The summed E-state index contributed by atoms with van der Waals surface area (Å²) in [5, 5.41) is 0. The third kappa shape index (κ3) is 3.28.